The second-order valence-corrected chi connectivity index (χ2v) is 8.46. The number of nitrogens with one attached hydrogen (secondary N) is 1. The Morgan fingerprint density at radius 2 is 2.09 bits per heavy atom. The standard InChI is InChI=1S/C24H23N3O5/c1-4-24(30)17-8-19-20-15(10-27(19)22(28)16(17)11-31-23(24)29)21(32-12(2)3)14-7-13(9-25)5-6-18(14)26-20/h5-9,12,25,30H,4,10-11H2,1-3H3/t24-/m0/s1. The molecule has 0 unspecified atom stereocenters. The van der Waals surface area contributed by atoms with E-state index in [-0.39, 0.29) is 42.4 Å². The number of benzene rings is 1. The number of aromatic nitrogens is 2. The summed E-state index contributed by atoms with van der Waals surface area (Å²) in [5.74, 6) is -0.118. The Morgan fingerprint density at radius 1 is 1.31 bits per heavy atom. The van der Waals surface area contributed by atoms with Gasteiger partial charge >= 0.3 is 5.97 Å². The van der Waals surface area contributed by atoms with Crippen LogP contribution in [0.4, 0.5) is 0 Å². The maximum Gasteiger partial charge on any atom is 0.343 e. The number of carbonyl (C=O) groups is 1. The molecule has 164 valence electrons. The van der Waals surface area contributed by atoms with Gasteiger partial charge in [0.15, 0.2) is 5.60 Å². The molecule has 0 radical (unpaired) electrons. The topological polar surface area (TPSA) is 115 Å². The average molecular weight is 433 g/mol. The van der Waals surface area contributed by atoms with Crippen LogP contribution in [0.1, 0.15) is 49.4 Å². The minimum Gasteiger partial charge on any atom is -0.490 e. The monoisotopic (exact) mass is 433 g/mol. The molecule has 0 fully saturated rings. The molecule has 4 heterocycles. The number of esters is 1. The lowest BCUT2D eigenvalue weighted by Gasteiger charge is -2.31. The van der Waals surface area contributed by atoms with Crippen LogP contribution in [0.3, 0.4) is 0 Å². The van der Waals surface area contributed by atoms with Gasteiger partial charge in [-0.3, -0.25) is 4.79 Å². The molecular formula is C24H23N3O5. The SMILES string of the molecule is CC[C@@]1(O)C(=O)OCc2c1cc1n(c2=O)Cc2c-1nc1ccc(C=N)cc1c2OC(C)C. The Balaban J connectivity index is 1.82. The molecule has 8 heteroatoms. The Kier molecular flexibility index (Phi) is 4.46. The van der Waals surface area contributed by atoms with Crippen molar-refractivity contribution in [2.24, 2.45) is 0 Å². The highest BCUT2D eigenvalue weighted by Gasteiger charge is 2.45. The van der Waals surface area contributed by atoms with Gasteiger partial charge in [0, 0.05) is 22.7 Å². The summed E-state index contributed by atoms with van der Waals surface area (Å²) in [6.07, 6.45) is 1.24. The fraction of sp³-hybridized carbons (Fsp3) is 0.333. The van der Waals surface area contributed by atoms with E-state index in [9.17, 15) is 14.7 Å². The predicted octanol–water partition coefficient (Wildman–Crippen LogP) is 2.86. The first-order valence-corrected chi connectivity index (χ1v) is 10.6. The van der Waals surface area contributed by atoms with Gasteiger partial charge in [-0.05, 0) is 44.0 Å². The van der Waals surface area contributed by atoms with Crippen molar-refractivity contribution in [3.63, 3.8) is 0 Å². The summed E-state index contributed by atoms with van der Waals surface area (Å²) in [4.78, 5) is 30.5. The van der Waals surface area contributed by atoms with Crippen LogP contribution in [0, 0.1) is 5.41 Å². The Labute approximate surface area is 183 Å². The minimum absolute atomic E-state index is 0.0911. The molecule has 2 aromatic heterocycles. The van der Waals surface area contributed by atoms with E-state index in [0.717, 1.165) is 16.5 Å². The molecule has 8 nitrogen and oxygen atoms in total. The second-order valence-electron chi connectivity index (χ2n) is 8.46. The van der Waals surface area contributed by atoms with Crippen LogP contribution in [0.25, 0.3) is 22.3 Å². The zero-order valence-corrected chi connectivity index (χ0v) is 18.1. The summed E-state index contributed by atoms with van der Waals surface area (Å²) in [6, 6.07) is 7.17. The van der Waals surface area contributed by atoms with Crippen LogP contribution in [0.2, 0.25) is 0 Å². The number of carbonyl (C=O) groups excluding carboxylic acids is 1. The van der Waals surface area contributed by atoms with E-state index in [0.29, 0.717) is 22.7 Å². The number of hydrogen-bond acceptors (Lipinski definition) is 7. The summed E-state index contributed by atoms with van der Waals surface area (Å²) in [6.45, 7) is 5.62. The first-order valence-electron chi connectivity index (χ1n) is 10.6. The Morgan fingerprint density at radius 3 is 2.78 bits per heavy atom. The van der Waals surface area contributed by atoms with Gasteiger partial charge in [-0.1, -0.05) is 13.0 Å². The van der Waals surface area contributed by atoms with Gasteiger partial charge in [0.25, 0.3) is 5.56 Å². The second kappa shape index (κ2) is 7.00. The number of ether oxygens (including phenoxy) is 2. The van der Waals surface area contributed by atoms with Gasteiger partial charge in [-0.2, -0.15) is 0 Å². The first kappa shape index (κ1) is 20.4. The van der Waals surface area contributed by atoms with Gasteiger partial charge < -0.3 is 24.6 Å². The Bertz CT molecular complexity index is 1370. The fourth-order valence-corrected chi connectivity index (χ4v) is 4.52. The molecule has 1 aromatic carbocycles. The first-order chi connectivity index (χ1) is 15.3. The molecule has 0 aliphatic carbocycles. The minimum atomic E-state index is -1.86. The molecule has 2 aliphatic rings. The Hall–Kier alpha value is -3.52. The van der Waals surface area contributed by atoms with E-state index < -0.39 is 11.6 Å². The summed E-state index contributed by atoms with van der Waals surface area (Å²) >= 11 is 0. The maximum absolute atomic E-state index is 13.4. The molecule has 0 amide bonds. The van der Waals surface area contributed by atoms with Crippen LogP contribution in [-0.4, -0.2) is 32.9 Å². The summed E-state index contributed by atoms with van der Waals surface area (Å²) in [7, 11) is 0. The van der Waals surface area contributed by atoms with Crippen molar-refractivity contribution in [2.45, 2.75) is 52.0 Å². The van der Waals surface area contributed by atoms with Crippen molar-refractivity contribution in [3.8, 4) is 17.1 Å². The van der Waals surface area contributed by atoms with Crippen LogP contribution >= 0.6 is 0 Å². The smallest absolute Gasteiger partial charge is 0.343 e. The highest BCUT2D eigenvalue weighted by Crippen LogP contribution is 2.43. The van der Waals surface area contributed by atoms with Gasteiger partial charge in [0.1, 0.15) is 12.4 Å². The largest absolute Gasteiger partial charge is 0.490 e. The van der Waals surface area contributed by atoms with Crippen LogP contribution < -0.4 is 10.3 Å². The molecule has 0 saturated heterocycles. The molecule has 2 N–H and O–H groups in total. The van der Waals surface area contributed by atoms with Crippen LogP contribution in [-0.2, 0) is 28.3 Å². The molecular weight excluding hydrogens is 410 g/mol. The number of pyridine rings is 2. The molecule has 1 atom stereocenters. The van der Waals surface area contributed by atoms with E-state index in [1.807, 2.05) is 26.0 Å². The molecule has 0 bridgehead atoms. The third kappa shape index (κ3) is 2.72. The third-order valence-electron chi connectivity index (χ3n) is 6.18. The lowest BCUT2D eigenvalue weighted by Crippen LogP contribution is -2.44. The number of hydrogen-bond donors (Lipinski definition) is 2. The normalized spacial score (nSPS) is 18.8. The quantitative estimate of drug-likeness (QED) is 0.378. The van der Waals surface area contributed by atoms with E-state index in [4.69, 9.17) is 19.9 Å². The average Bonchev–Trinajstić information content (AvgIpc) is 3.15. The van der Waals surface area contributed by atoms with Gasteiger partial charge in [0.2, 0.25) is 0 Å². The lowest BCUT2D eigenvalue weighted by molar-refractivity contribution is -0.172. The van der Waals surface area contributed by atoms with Crippen molar-refractivity contribution < 1.29 is 19.4 Å². The van der Waals surface area contributed by atoms with E-state index >= 15 is 0 Å². The highest BCUT2D eigenvalue weighted by molar-refractivity contribution is 5.95. The van der Waals surface area contributed by atoms with E-state index in [1.54, 1.807) is 23.6 Å². The molecule has 3 aromatic rings. The molecule has 0 saturated carbocycles. The summed E-state index contributed by atoms with van der Waals surface area (Å²) < 4.78 is 12.9. The number of nitrogens with zero attached hydrogens (tertiary/aromatic N) is 2. The van der Waals surface area contributed by atoms with E-state index in [2.05, 4.69) is 0 Å². The van der Waals surface area contributed by atoms with Gasteiger partial charge in [-0.25, -0.2) is 9.78 Å². The van der Waals surface area contributed by atoms with Crippen molar-refractivity contribution in [1.29, 1.82) is 5.41 Å². The lowest BCUT2D eigenvalue weighted by atomic mass is 9.86. The van der Waals surface area contributed by atoms with Crippen molar-refractivity contribution in [3.05, 3.63) is 56.9 Å². The highest BCUT2D eigenvalue weighted by atomic mass is 16.6. The molecule has 2 aliphatic heterocycles. The zero-order valence-electron chi connectivity index (χ0n) is 18.1. The van der Waals surface area contributed by atoms with Gasteiger partial charge in [-0.15, -0.1) is 0 Å². The number of aliphatic hydroxyl groups is 1. The third-order valence-corrected chi connectivity index (χ3v) is 6.18. The van der Waals surface area contributed by atoms with Crippen LogP contribution in [0.5, 0.6) is 5.75 Å². The predicted molar refractivity (Wildman–Crippen MR) is 118 cm³/mol. The summed E-state index contributed by atoms with van der Waals surface area (Å²) in [5, 5.41) is 19.4. The molecule has 0 spiro atoms. The number of cyclic esters (lactones) is 1. The maximum atomic E-state index is 13.4. The summed E-state index contributed by atoms with van der Waals surface area (Å²) in [5.41, 5.74) is 1.69. The zero-order chi connectivity index (χ0) is 22.8. The number of fused-ring (bicyclic) bond motifs is 5. The van der Waals surface area contributed by atoms with Crippen LogP contribution in [0.15, 0.2) is 29.1 Å². The van der Waals surface area contributed by atoms with Crippen molar-refractivity contribution in [2.75, 3.05) is 0 Å². The van der Waals surface area contributed by atoms with Crippen molar-refractivity contribution >= 4 is 23.1 Å². The molecule has 32 heavy (non-hydrogen) atoms. The van der Waals surface area contributed by atoms with Crippen molar-refractivity contribution in [1.82, 2.24) is 9.55 Å². The molecule has 5 rings (SSSR count). The fourth-order valence-electron chi connectivity index (χ4n) is 4.52. The number of rotatable bonds is 4. The van der Waals surface area contributed by atoms with E-state index in [1.165, 1.54) is 6.21 Å². The van der Waals surface area contributed by atoms with Gasteiger partial charge in [0.05, 0.1) is 35.1 Å².